The lowest BCUT2D eigenvalue weighted by atomic mass is 9.96. The van der Waals surface area contributed by atoms with E-state index in [4.69, 9.17) is 5.10 Å². The summed E-state index contributed by atoms with van der Waals surface area (Å²) in [5.41, 5.74) is 4.67. The maximum absolute atomic E-state index is 4.85. The number of nitrogens with zero attached hydrogens (tertiary/aromatic N) is 7. The first-order chi connectivity index (χ1) is 12.8. The summed E-state index contributed by atoms with van der Waals surface area (Å²) in [5, 5.41) is 13.7. The van der Waals surface area contributed by atoms with Gasteiger partial charge >= 0.3 is 0 Å². The lowest BCUT2D eigenvalue weighted by Gasteiger charge is -2.30. The van der Waals surface area contributed by atoms with Crippen molar-refractivity contribution >= 4 is 5.65 Å². The van der Waals surface area contributed by atoms with Crippen LogP contribution in [0.5, 0.6) is 0 Å². The van der Waals surface area contributed by atoms with Gasteiger partial charge in [0.2, 0.25) is 0 Å². The van der Waals surface area contributed by atoms with Crippen LogP contribution in [0.1, 0.15) is 53.7 Å². The summed E-state index contributed by atoms with van der Waals surface area (Å²) in [6.07, 6.45) is 9.47. The average molecular weight is 349 g/mol. The van der Waals surface area contributed by atoms with Crippen LogP contribution in [0.4, 0.5) is 0 Å². The molecule has 7 nitrogen and oxygen atoms in total. The van der Waals surface area contributed by atoms with Crippen LogP contribution in [0, 0.1) is 6.92 Å². The zero-order valence-corrected chi connectivity index (χ0v) is 15.1. The lowest BCUT2D eigenvalue weighted by Crippen LogP contribution is -2.33. The predicted molar refractivity (Wildman–Crippen MR) is 96.8 cm³/mol. The number of aromatic nitrogens is 6. The fourth-order valence-electron chi connectivity index (χ4n) is 4.16. The molecule has 0 N–H and O–H groups in total. The number of hydrogen-bond donors (Lipinski definition) is 0. The molecule has 0 amide bonds. The van der Waals surface area contributed by atoms with Gasteiger partial charge in [0.1, 0.15) is 5.82 Å². The van der Waals surface area contributed by atoms with Crippen molar-refractivity contribution in [2.75, 3.05) is 13.1 Å². The van der Waals surface area contributed by atoms with Crippen LogP contribution in [-0.2, 0) is 19.4 Å². The molecule has 3 aromatic heterocycles. The summed E-state index contributed by atoms with van der Waals surface area (Å²) in [6.45, 7) is 4.94. The van der Waals surface area contributed by atoms with Crippen LogP contribution in [0.15, 0.2) is 18.5 Å². The molecule has 0 aromatic carbocycles. The topological polar surface area (TPSA) is 72.1 Å². The Morgan fingerprint density at radius 1 is 1.08 bits per heavy atom. The molecule has 0 saturated carbocycles. The summed E-state index contributed by atoms with van der Waals surface area (Å²) in [5.74, 6) is 2.29. The second kappa shape index (κ2) is 6.39. The first-order valence-electron chi connectivity index (χ1n) is 9.50. The van der Waals surface area contributed by atoms with Crippen LogP contribution >= 0.6 is 0 Å². The quantitative estimate of drug-likeness (QED) is 0.721. The van der Waals surface area contributed by atoms with Crippen molar-refractivity contribution in [1.29, 1.82) is 0 Å². The van der Waals surface area contributed by atoms with Gasteiger partial charge in [0, 0.05) is 30.4 Å². The summed E-state index contributed by atoms with van der Waals surface area (Å²) < 4.78 is 2.00. The summed E-state index contributed by atoms with van der Waals surface area (Å²) >= 11 is 0. The molecular weight excluding hydrogens is 326 g/mol. The highest BCUT2D eigenvalue weighted by Crippen LogP contribution is 2.29. The third-order valence-corrected chi connectivity index (χ3v) is 5.64. The van der Waals surface area contributed by atoms with Crippen molar-refractivity contribution in [3.05, 3.63) is 46.9 Å². The van der Waals surface area contributed by atoms with Crippen LogP contribution in [-0.4, -0.2) is 47.8 Å². The second-order valence-electron chi connectivity index (χ2n) is 7.49. The van der Waals surface area contributed by atoms with Gasteiger partial charge in [0.25, 0.3) is 0 Å². The minimum Gasteiger partial charge on any atom is -0.299 e. The summed E-state index contributed by atoms with van der Waals surface area (Å²) in [7, 11) is 0. The van der Waals surface area contributed by atoms with Crippen molar-refractivity contribution in [2.24, 2.45) is 0 Å². The molecule has 1 aliphatic carbocycles. The van der Waals surface area contributed by atoms with Crippen LogP contribution in [0.3, 0.4) is 0 Å². The fraction of sp³-hybridized carbons (Fsp3) is 0.526. The third-order valence-electron chi connectivity index (χ3n) is 5.64. The molecule has 1 fully saturated rings. The molecule has 0 spiro atoms. The molecule has 0 unspecified atom stereocenters. The molecule has 5 rings (SSSR count). The molecule has 7 heteroatoms. The SMILES string of the molecule is Cc1ncc(CN2CCC(c3nnc4cc5c(nn34)CCC5)CC2)cn1. The number of likely N-dealkylation sites (tertiary alicyclic amines) is 1. The van der Waals surface area contributed by atoms with Gasteiger partial charge in [-0.15, -0.1) is 10.2 Å². The Hall–Kier alpha value is -2.41. The first kappa shape index (κ1) is 15.8. The Morgan fingerprint density at radius 3 is 2.69 bits per heavy atom. The van der Waals surface area contributed by atoms with Crippen molar-refractivity contribution in [3.8, 4) is 0 Å². The molecule has 3 aromatic rings. The Morgan fingerprint density at radius 2 is 1.88 bits per heavy atom. The van der Waals surface area contributed by atoms with Gasteiger partial charge < -0.3 is 0 Å². The molecule has 0 atom stereocenters. The van der Waals surface area contributed by atoms with E-state index in [-0.39, 0.29) is 0 Å². The summed E-state index contributed by atoms with van der Waals surface area (Å²) in [6, 6.07) is 2.18. The zero-order chi connectivity index (χ0) is 17.5. The number of fused-ring (bicyclic) bond motifs is 2. The monoisotopic (exact) mass is 349 g/mol. The van der Waals surface area contributed by atoms with Crippen molar-refractivity contribution in [2.45, 2.75) is 51.5 Å². The van der Waals surface area contributed by atoms with Gasteiger partial charge in [-0.3, -0.25) is 4.90 Å². The minimum atomic E-state index is 0.433. The van der Waals surface area contributed by atoms with Crippen LogP contribution < -0.4 is 0 Å². The normalized spacial score (nSPS) is 18.5. The molecule has 4 heterocycles. The molecule has 134 valence electrons. The van der Waals surface area contributed by atoms with E-state index in [1.54, 1.807) is 0 Å². The minimum absolute atomic E-state index is 0.433. The van der Waals surface area contributed by atoms with Crippen molar-refractivity contribution in [3.63, 3.8) is 0 Å². The molecule has 0 radical (unpaired) electrons. The van der Waals surface area contributed by atoms with E-state index in [2.05, 4.69) is 31.1 Å². The van der Waals surface area contributed by atoms with Gasteiger partial charge in [0.15, 0.2) is 11.5 Å². The smallest absolute Gasteiger partial charge is 0.178 e. The van der Waals surface area contributed by atoms with E-state index >= 15 is 0 Å². The molecule has 26 heavy (non-hydrogen) atoms. The Kier molecular flexibility index (Phi) is 3.89. The Balaban J connectivity index is 1.29. The highest BCUT2D eigenvalue weighted by molar-refractivity contribution is 5.43. The van der Waals surface area contributed by atoms with Gasteiger partial charge in [-0.05, 0) is 63.7 Å². The van der Waals surface area contributed by atoms with Crippen molar-refractivity contribution < 1.29 is 0 Å². The van der Waals surface area contributed by atoms with E-state index in [0.29, 0.717) is 5.92 Å². The highest BCUT2D eigenvalue weighted by atomic mass is 15.4. The first-order valence-corrected chi connectivity index (χ1v) is 9.50. The third kappa shape index (κ3) is 2.86. The number of hydrogen-bond acceptors (Lipinski definition) is 6. The fourth-order valence-corrected chi connectivity index (χ4v) is 4.16. The number of aryl methyl sites for hydroxylation is 3. The standard InChI is InChI=1S/C19H23N7/c1-13-20-10-14(11-21-13)12-25-7-5-15(6-8-25)19-23-22-18-9-16-3-2-4-17(16)24-26(18)19/h9-11,15H,2-8,12H2,1H3. The van der Waals surface area contributed by atoms with E-state index in [1.165, 1.54) is 23.2 Å². The van der Waals surface area contributed by atoms with Crippen molar-refractivity contribution in [1.82, 2.24) is 34.7 Å². The average Bonchev–Trinajstić information content (AvgIpc) is 3.28. The molecule has 0 bridgehead atoms. The molecule has 1 aliphatic heterocycles. The molecule has 2 aliphatic rings. The molecular formula is C19H23N7. The Labute approximate surface area is 152 Å². The highest BCUT2D eigenvalue weighted by Gasteiger charge is 2.26. The van der Waals surface area contributed by atoms with E-state index in [9.17, 15) is 0 Å². The summed E-state index contributed by atoms with van der Waals surface area (Å²) in [4.78, 5) is 11.1. The van der Waals surface area contributed by atoms with Gasteiger partial charge in [-0.1, -0.05) is 0 Å². The van der Waals surface area contributed by atoms with E-state index in [0.717, 1.165) is 62.6 Å². The Bertz CT molecular complexity index is 923. The lowest BCUT2D eigenvalue weighted by molar-refractivity contribution is 0.200. The maximum Gasteiger partial charge on any atom is 0.178 e. The van der Waals surface area contributed by atoms with Gasteiger partial charge in [0.05, 0.1) is 5.69 Å². The molecule has 1 saturated heterocycles. The van der Waals surface area contributed by atoms with Crippen LogP contribution in [0.25, 0.3) is 5.65 Å². The second-order valence-corrected chi connectivity index (χ2v) is 7.49. The van der Waals surface area contributed by atoms with E-state index < -0.39 is 0 Å². The van der Waals surface area contributed by atoms with Gasteiger partial charge in [-0.2, -0.15) is 9.61 Å². The predicted octanol–water partition coefficient (Wildman–Crippen LogP) is 2.09. The zero-order valence-electron chi connectivity index (χ0n) is 15.1. The number of rotatable bonds is 3. The number of piperidine rings is 1. The largest absolute Gasteiger partial charge is 0.299 e. The van der Waals surface area contributed by atoms with Gasteiger partial charge in [-0.25, -0.2) is 9.97 Å². The van der Waals surface area contributed by atoms with E-state index in [1.807, 2.05) is 23.8 Å². The maximum atomic E-state index is 4.85. The van der Waals surface area contributed by atoms with Crippen LogP contribution in [0.2, 0.25) is 0 Å².